The summed E-state index contributed by atoms with van der Waals surface area (Å²) in [6, 6.07) is 0.701. The van der Waals surface area contributed by atoms with E-state index >= 15 is 0 Å². The smallest absolute Gasteiger partial charge is 0.378 e. The Morgan fingerprint density at radius 3 is 1.80 bits per heavy atom. The molecule has 0 unspecified atom stereocenters. The van der Waals surface area contributed by atoms with Crippen LogP contribution in [0.2, 0.25) is 6.04 Å². The van der Waals surface area contributed by atoms with Crippen molar-refractivity contribution in [2.45, 2.75) is 19.9 Å². The second-order valence-corrected chi connectivity index (χ2v) is 6.10. The van der Waals surface area contributed by atoms with Crippen LogP contribution in [0.1, 0.15) is 13.8 Å². The lowest BCUT2D eigenvalue weighted by atomic mass is 10.5. The van der Waals surface area contributed by atoms with E-state index in [2.05, 4.69) is 31.0 Å². The maximum Gasteiger partial charge on any atom is 0.504 e. The summed E-state index contributed by atoms with van der Waals surface area (Å²) in [5, 5.41) is 0. The van der Waals surface area contributed by atoms with Gasteiger partial charge in [-0.1, -0.05) is 6.08 Å². The predicted molar refractivity (Wildman–Crippen MR) is 63.6 cm³/mol. The Bertz CT molecular complexity index is 171. The Balaban J connectivity index is 4.19. The zero-order valence-electron chi connectivity index (χ0n) is 10.4. The summed E-state index contributed by atoms with van der Waals surface area (Å²) < 4.78 is 15.9. The minimum Gasteiger partial charge on any atom is -0.378 e. The number of allylic oxidation sites excluding steroid dienone is 1. The molecule has 90 valence electrons. The third-order valence-electron chi connectivity index (χ3n) is 2.43. The highest BCUT2D eigenvalue weighted by Crippen LogP contribution is 2.13. The first kappa shape index (κ1) is 14.6. The minimum absolute atomic E-state index is 0.701. The fraction of sp³-hybridized carbons (Fsp3) is 0.800. The van der Waals surface area contributed by atoms with Crippen LogP contribution in [0.4, 0.5) is 0 Å². The molecule has 15 heavy (non-hydrogen) atoms. The third kappa shape index (κ3) is 4.79. The van der Waals surface area contributed by atoms with Gasteiger partial charge in [-0.2, -0.15) is 0 Å². The molecule has 0 saturated carbocycles. The first-order valence-electron chi connectivity index (χ1n) is 5.24. The molecule has 0 spiro atoms. The van der Waals surface area contributed by atoms with Crippen LogP contribution in [-0.2, 0) is 13.3 Å². The van der Waals surface area contributed by atoms with Crippen LogP contribution in [0, 0.1) is 0 Å². The molecule has 0 heterocycles. The van der Waals surface area contributed by atoms with Crippen molar-refractivity contribution >= 4 is 8.80 Å². The second kappa shape index (κ2) is 7.87. The van der Waals surface area contributed by atoms with E-state index in [4.69, 9.17) is 13.3 Å². The summed E-state index contributed by atoms with van der Waals surface area (Å²) in [5.41, 5.74) is 0. The van der Waals surface area contributed by atoms with E-state index in [9.17, 15) is 0 Å². The van der Waals surface area contributed by atoms with Crippen molar-refractivity contribution in [1.29, 1.82) is 0 Å². The largest absolute Gasteiger partial charge is 0.504 e. The number of hydrogen-bond acceptors (Lipinski definition) is 4. The van der Waals surface area contributed by atoms with E-state index < -0.39 is 8.80 Å². The fourth-order valence-electron chi connectivity index (χ4n) is 1.28. The van der Waals surface area contributed by atoms with Gasteiger partial charge in [0.15, 0.2) is 0 Å². The molecular weight excluding hydrogens is 210 g/mol. The van der Waals surface area contributed by atoms with Gasteiger partial charge in [0.05, 0.1) is 0 Å². The molecule has 0 amide bonds. The molecule has 0 aliphatic carbocycles. The van der Waals surface area contributed by atoms with Crippen molar-refractivity contribution in [2.75, 3.05) is 34.4 Å². The van der Waals surface area contributed by atoms with Gasteiger partial charge in [-0.15, -0.1) is 0 Å². The van der Waals surface area contributed by atoms with E-state index in [0.717, 1.165) is 13.1 Å². The molecule has 0 aliphatic heterocycles. The fourth-order valence-corrected chi connectivity index (χ4v) is 2.67. The Morgan fingerprint density at radius 2 is 1.47 bits per heavy atom. The number of nitrogens with zero attached hydrogens (tertiary/aromatic N) is 1. The molecule has 0 aromatic rings. The molecule has 0 saturated heterocycles. The van der Waals surface area contributed by atoms with Gasteiger partial charge in [0.25, 0.3) is 0 Å². The Labute approximate surface area is 94.2 Å². The van der Waals surface area contributed by atoms with E-state index in [1.807, 2.05) is 0 Å². The summed E-state index contributed by atoms with van der Waals surface area (Å²) >= 11 is 0. The second-order valence-electron chi connectivity index (χ2n) is 3.11. The molecular formula is C10H23NO3Si. The normalized spacial score (nSPS) is 12.3. The van der Waals surface area contributed by atoms with Crippen LogP contribution in [0.5, 0.6) is 0 Å². The van der Waals surface area contributed by atoms with E-state index in [0.29, 0.717) is 6.04 Å². The van der Waals surface area contributed by atoms with Crippen molar-refractivity contribution in [3.05, 3.63) is 12.3 Å². The standard InChI is InChI=1S/C10H23NO3Si/c1-6-11(7-2)9-8-10-15(12-3,13-4)14-5/h8-9H,6-7,10H2,1-5H3. The monoisotopic (exact) mass is 233 g/mol. The molecule has 0 aromatic heterocycles. The van der Waals surface area contributed by atoms with Crippen LogP contribution in [0.25, 0.3) is 0 Å². The van der Waals surface area contributed by atoms with Gasteiger partial charge in [0.2, 0.25) is 0 Å². The summed E-state index contributed by atoms with van der Waals surface area (Å²) in [6.45, 7) is 6.27. The van der Waals surface area contributed by atoms with Crippen molar-refractivity contribution in [2.24, 2.45) is 0 Å². The van der Waals surface area contributed by atoms with Gasteiger partial charge in [0, 0.05) is 40.5 Å². The lowest BCUT2D eigenvalue weighted by Crippen LogP contribution is -2.42. The zero-order valence-corrected chi connectivity index (χ0v) is 11.4. The molecule has 0 bridgehead atoms. The van der Waals surface area contributed by atoms with Crippen LogP contribution >= 0.6 is 0 Å². The van der Waals surface area contributed by atoms with Crippen LogP contribution in [0.3, 0.4) is 0 Å². The van der Waals surface area contributed by atoms with Crippen molar-refractivity contribution in [3.63, 3.8) is 0 Å². The molecule has 0 atom stereocenters. The first-order chi connectivity index (χ1) is 7.17. The number of rotatable bonds is 8. The SMILES string of the molecule is CCN(C=CC[Si](OC)(OC)OC)CC. The van der Waals surface area contributed by atoms with E-state index in [1.54, 1.807) is 21.3 Å². The highest BCUT2D eigenvalue weighted by atomic mass is 28.4. The van der Waals surface area contributed by atoms with Gasteiger partial charge in [-0.25, -0.2) is 0 Å². The number of hydrogen-bond donors (Lipinski definition) is 0. The van der Waals surface area contributed by atoms with Crippen LogP contribution < -0.4 is 0 Å². The molecule has 0 N–H and O–H groups in total. The summed E-state index contributed by atoms with van der Waals surface area (Å²) in [6.07, 6.45) is 4.12. The van der Waals surface area contributed by atoms with Gasteiger partial charge in [-0.3, -0.25) is 0 Å². The first-order valence-corrected chi connectivity index (χ1v) is 7.17. The van der Waals surface area contributed by atoms with Crippen molar-refractivity contribution in [1.82, 2.24) is 4.90 Å². The van der Waals surface area contributed by atoms with E-state index in [-0.39, 0.29) is 0 Å². The Hall–Kier alpha value is -0.363. The molecule has 0 fully saturated rings. The predicted octanol–water partition coefficient (Wildman–Crippen LogP) is 1.72. The highest BCUT2D eigenvalue weighted by Gasteiger charge is 2.36. The van der Waals surface area contributed by atoms with Crippen molar-refractivity contribution < 1.29 is 13.3 Å². The van der Waals surface area contributed by atoms with Gasteiger partial charge in [0.1, 0.15) is 0 Å². The molecule has 0 rings (SSSR count). The molecule has 0 aliphatic rings. The van der Waals surface area contributed by atoms with Gasteiger partial charge < -0.3 is 18.2 Å². The average molecular weight is 233 g/mol. The van der Waals surface area contributed by atoms with Gasteiger partial charge >= 0.3 is 8.80 Å². The third-order valence-corrected chi connectivity index (χ3v) is 5.03. The Kier molecular flexibility index (Phi) is 7.68. The summed E-state index contributed by atoms with van der Waals surface area (Å²) in [7, 11) is 2.47. The van der Waals surface area contributed by atoms with E-state index in [1.165, 1.54) is 0 Å². The maximum atomic E-state index is 5.31. The highest BCUT2D eigenvalue weighted by molar-refractivity contribution is 6.61. The topological polar surface area (TPSA) is 30.9 Å². The van der Waals surface area contributed by atoms with Crippen molar-refractivity contribution in [3.8, 4) is 0 Å². The van der Waals surface area contributed by atoms with Gasteiger partial charge in [-0.05, 0) is 20.0 Å². The molecule has 0 aromatic carbocycles. The molecule has 5 heteroatoms. The lowest BCUT2D eigenvalue weighted by molar-refractivity contribution is 0.127. The maximum absolute atomic E-state index is 5.31. The quantitative estimate of drug-likeness (QED) is 0.597. The lowest BCUT2D eigenvalue weighted by Gasteiger charge is -2.23. The van der Waals surface area contributed by atoms with Crippen LogP contribution in [0.15, 0.2) is 12.3 Å². The minimum atomic E-state index is -2.42. The Morgan fingerprint density at radius 1 is 1.00 bits per heavy atom. The zero-order chi connectivity index (χ0) is 11.7. The molecule has 4 nitrogen and oxygen atoms in total. The average Bonchev–Trinajstić information content (AvgIpc) is 2.31. The molecule has 0 radical (unpaired) electrons. The van der Waals surface area contributed by atoms with Crippen LogP contribution in [-0.4, -0.2) is 48.1 Å². The summed E-state index contributed by atoms with van der Waals surface area (Å²) in [5.74, 6) is 0. The summed E-state index contributed by atoms with van der Waals surface area (Å²) in [4.78, 5) is 2.21.